The van der Waals surface area contributed by atoms with Crippen LogP contribution in [-0.4, -0.2) is 0 Å². The average molecular weight is 109 g/mol. The van der Waals surface area contributed by atoms with Gasteiger partial charge in [-0.15, -0.1) is 0 Å². The first-order valence-electron chi connectivity index (χ1n) is 2.29. The molecule has 1 heterocycles. The van der Waals surface area contributed by atoms with Crippen molar-refractivity contribution in [3.05, 3.63) is 30.7 Å². The summed E-state index contributed by atoms with van der Waals surface area (Å²) in [6, 6.07) is 3.54. The molecule has 2 nitrogen and oxygen atoms in total. The third-order valence-corrected chi connectivity index (χ3v) is 0.838. The molecule has 0 radical (unpaired) electrons. The molecule has 1 aromatic rings. The lowest BCUT2D eigenvalue weighted by Crippen LogP contribution is -1.89. The zero-order valence-electron chi connectivity index (χ0n) is 4.42. The molecule has 0 unspecified atom stereocenters. The standard InChI is InChI=1S/C6H7NO/c1-5(7)6-3-2-4-8-6/h2-4H,1,7H2. The molecule has 0 spiro atoms. The Kier molecular flexibility index (Phi) is 1.08. The van der Waals surface area contributed by atoms with Gasteiger partial charge in [0.2, 0.25) is 0 Å². The van der Waals surface area contributed by atoms with Crippen LogP contribution in [0, 0.1) is 0 Å². The Hall–Kier alpha value is -1.18. The Morgan fingerprint density at radius 2 is 2.50 bits per heavy atom. The van der Waals surface area contributed by atoms with E-state index in [0.29, 0.717) is 11.5 Å². The zero-order valence-corrected chi connectivity index (χ0v) is 4.42. The molecule has 0 aliphatic heterocycles. The van der Waals surface area contributed by atoms with Crippen LogP contribution in [-0.2, 0) is 0 Å². The summed E-state index contributed by atoms with van der Waals surface area (Å²) in [5, 5.41) is 0. The molecule has 0 aromatic carbocycles. The van der Waals surface area contributed by atoms with Crippen molar-refractivity contribution in [3.8, 4) is 0 Å². The summed E-state index contributed by atoms with van der Waals surface area (Å²) in [5.74, 6) is 0.644. The molecule has 1 rings (SSSR count). The van der Waals surface area contributed by atoms with Crippen molar-refractivity contribution in [2.24, 2.45) is 5.73 Å². The molecule has 42 valence electrons. The van der Waals surface area contributed by atoms with Crippen LogP contribution >= 0.6 is 0 Å². The number of nitrogens with two attached hydrogens (primary N) is 1. The molecule has 8 heavy (non-hydrogen) atoms. The van der Waals surface area contributed by atoms with Crippen LogP contribution in [0.5, 0.6) is 0 Å². The predicted octanol–water partition coefficient (Wildman–Crippen LogP) is 1.21. The molecule has 0 saturated carbocycles. The van der Waals surface area contributed by atoms with Gasteiger partial charge in [-0.05, 0) is 12.1 Å². The maximum absolute atomic E-state index is 5.27. The lowest BCUT2D eigenvalue weighted by molar-refractivity contribution is 0.552. The highest BCUT2D eigenvalue weighted by Crippen LogP contribution is 2.04. The summed E-state index contributed by atoms with van der Waals surface area (Å²) in [5.41, 5.74) is 5.74. The van der Waals surface area contributed by atoms with Crippen LogP contribution in [0.4, 0.5) is 0 Å². The molecular formula is C6H7NO. The molecule has 2 N–H and O–H groups in total. The number of hydrogen-bond donors (Lipinski definition) is 1. The second-order valence-corrected chi connectivity index (χ2v) is 1.50. The average Bonchev–Trinajstić information content (AvgIpc) is 2.12. The highest BCUT2D eigenvalue weighted by molar-refractivity contribution is 5.54. The van der Waals surface area contributed by atoms with E-state index < -0.39 is 0 Å². The summed E-state index contributed by atoms with van der Waals surface area (Å²) in [4.78, 5) is 0. The van der Waals surface area contributed by atoms with Crippen LogP contribution in [0.15, 0.2) is 29.4 Å². The van der Waals surface area contributed by atoms with E-state index in [-0.39, 0.29) is 0 Å². The summed E-state index contributed by atoms with van der Waals surface area (Å²) >= 11 is 0. The van der Waals surface area contributed by atoms with Gasteiger partial charge in [0.05, 0.1) is 12.0 Å². The second kappa shape index (κ2) is 1.74. The van der Waals surface area contributed by atoms with E-state index in [1.807, 2.05) is 0 Å². The van der Waals surface area contributed by atoms with Gasteiger partial charge in [-0.1, -0.05) is 6.58 Å². The van der Waals surface area contributed by atoms with Crippen molar-refractivity contribution in [1.82, 2.24) is 0 Å². The fourth-order valence-electron chi connectivity index (χ4n) is 0.461. The normalized spacial score (nSPS) is 9.00. The van der Waals surface area contributed by atoms with E-state index in [0.717, 1.165) is 0 Å². The third-order valence-electron chi connectivity index (χ3n) is 0.838. The highest BCUT2D eigenvalue weighted by atomic mass is 16.3. The van der Waals surface area contributed by atoms with Gasteiger partial charge in [-0.25, -0.2) is 0 Å². The molecule has 0 amide bonds. The SMILES string of the molecule is C=C(N)c1ccco1. The number of hydrogen-bond acceptors (Lipinski definition) is 2. The molecule has 0 aliphatic carbocycles. The lowest BCUT2D eigenvalue weighted by atomic mass is 10.4. The minimum absolute atomic E-state index is 0.468. The van der Waals surface area contributed by atoms with Crippen LogP contribution in [0.3, 0.4) is 0 Å². The van der Waals surface area contributed by atoms with Gasteiger partial charge in [0, 0.05) is 0 Å². The summed E-state index contributed by atoms with van der Waals surface area (Å²) < 4.78 is 4.87. The Bertz CT molecular complexity index is 176. The monoisotopic (exact) mass is 109 g/mol. The van der Waals surface area contributed by atoms with Gasteiger partial charge in [-0.2, -0.15) is 0 Å². The molecule has 0 saturated heterocycles. The van der Waals surface area contributed by atoms with Gasteiger partial charge in [0.1, 0.15) is 5.76 Å². The van der Waals surface area contributed by atoms with Gasteiger partial charge in [-0.3, -0.25) is 0 Å². The van der Waals surface area contributed by atoms with Crippen LogP contribution in [0.25, 0.3) is 5.70 Å². The summed E-state index contributed by atoms with van der Waals surface area (Å²) in [6.07, 6.45) is 1.56. The minimum Gasteiger partial charge on any atom is -0.463 e. The van der Waals surface area contributed by atoms with E-state index in [9.17, 15) is 0 Å². The molecule has 0 aliphatic rings. The summed E-state index contributed by atoms with van der Waals surface area (Å²) in [7, 11) is 0. The van der Waals surface area contributed by atoms with E-state index in [2.05, 4.69) is 6.58 Å². The fourth-order valence-corrected chi connectivity index (χ4v) is 0.461. The topological polar surface area (TPSA) is 39.2 Å². The number of furan rings is 1. The smallest absolute Gasteiger partial charge is 0.148 e. The molecule has 0 fully saturated rings. The van der Waals surface area contributed by atoms with Crippen LogP contribution in [0.2, 0.25) is 0 Å². The van der Waals surface area contributed by atoms with Crippen molar-refractivity contribution in [1.29, 1.82) is 0 Å². The Morgan fingerprint density at radius 3 is 2.75 bits per heavy atom. The first-order chi connectivity index (χ1) is 3.80. The summed E-state index contributed by atoms with van der Waals surface area (Å²) in [6.45, 7) is 3.48. The van der Waals surface area contributed by atoms with E-state index in [1.165, 1.54) is 0 Å². The van der Waals surface area contributed by atoms with E-state index in [1.54, 1.807) is 18.4 Å². The van der Waals surface area contributed by atoms with E-state index >= 15 is 0 Å². The third kappa shape index (κ3) is 0.729. The van der Waals surface area contributed by atoms with Crippen molar-refractivity contribution >= 4 is 5.70 Å². The zero-order chi connectivity index (χ0) is 5.98. The predicted molar refractivity (Wildman–Crippen MR) is 31.9 cm³/mol. The quantitative estimate of drug-likeness (QED) is 0.588. The van der Waals surface area contributed by atoms with Crippen molar-refractivity contribution < 1.29 is 4.42 Å². The maximum atomic E-state index is 5.27. The first-order valence-corrected chi connectivity index (χ1v) is 2.29. The van der Waals surface area contributed by atoms with Gasteiger partial charge in [0.25, 0.3) is 0 Å². The van der Waals surface area contributed by atoms with Crippen molar-refractivity contribution in [2.75, 3.05) is 0 Å². The van der Waals surface area contributed by atoms with Crippen LogP contribution in [0.1, 0.15) is 5.76 Å². The van der Waals surface area contributed by atoms with Gasteiger partial charge >= 0.3 is 0 Å². The van der Waals surface area contributed by atoms with Crippen molar-refractivity contribution in [2.45, 2.75) is 0 Å². The van der Waals surface area contributed by atoms with Crippen molar-refractivity contribution in [3.63, 3.8) is 0 Å². The van der Waals surface area contributed by atoms with E-state index in [4.69, 9.17) is 10.2 Å². The highest BCUT2D eigenvalue weighted by Gasteiger charge is 1.91. The number of rotatable bonds is 1. The lowest BCUT2D eigenvalue weighted by Gasteiger charge is -1.87. The molecule has 2 heteroatoms. The first kappa shape index (κ1) is 4.97. The fraction of sp³-hybridized carbons (Fsp3) is 0. The Balaban J connectivity index is 2.93. The van der Waals surface area contributed by atoms with Gasteiger partial charge < -0.3 is 10.2 Å². The Labute approximate surface area is 47.6 Å². The molecule has 1 aromatic heterocycles. The largest absolute Gasteiger partial charge is 0.463 e. The maximum Gasteiger partial charge on any atom is 0.148 e. The Morgan fingerprint density at radius 1 is 1.75 bits per heavy atom. The molecular weight excluding hydrogens is 102 g/mol. The van der Waals surface area contributed by atoms with Crippen LogP contribution < -0.4 is 5.73 Å². The van der Waals surface area contributed by atoms with Gasteiger partial charge in [0.15, 0.2) is 0 Å². The molecule has 0 bridgehead atoms. The minimum atomic E-state index is 0.468. The second-order valence-electron chi connectivity index (χ2n) is 1.50. The molecule has 0 atom stereocenters.